The molecule has 0 fully saturated rings. The van der Waals surface area contributed by atoms with Crippen LogP contribution in [0.3, 0.4) is 0 Å². The van der Waals surface area contributed by atoms with Crippen LogP contribution >= 0.6 is 23.4 Å². The van der Waals surface area contributed by atoms with Crippen LogP contribution in [-0.2, 0) is 6.54 Å². The van der Waals surface area contributed by atoms with Crippen molar-refractivity contribution in [1.82, 2.24) is 20.1 Å². The van der Waals surface area contributed by atoms with Crippen LogP contribution in [0.15, 0.2) is 53.7 Å². The van der Waals surface area contributed by atoms with E-state index in [1.54, 1.807) is 37.4 Å². The van der Waals surface area contributed by atoms with Crippen molar-refractivity contribution in [1.29, 1.82) is 0 Å². The number of thioether (sulfide) groups is 1. The van der Waals surface area contributed by atoms with Gasteiger partial charge in [-0.15, -0.1) is 10.2 Å². The molecule has 8 heteroatoms. The van der Waals surface area contributed by atoms with E-state index >= 15 is 0 Å². The Morgan fingerprint density at radius 2 is 2.04 bits per heavy atom. The van der Waals surface area contributed by atoms with E-state index in [2.05, 4.69) is 15.5 Å². The fraction of sp³-hybridized carbons (Fsp3) is 0.167. The van der Waals surface area contributed by atoms with E-state index in [9.17, 15) is 4.79 Å². The average Bonchev–Trinajstić information content (AvgIpc) is 3.09. The number of nitrogens with one attached hydrogen (secondary N) is 1. The molecule has 6 nitrogen and oxygen atoms in total. The normalized spacial score (nSPS) is 10.6. The SMILES string of the molecule is COc1cccc(C(=O)NCc2nnc(SC)n2-c2cccc(Cl)c2)c1. The number of aromatic nitrogens is 3. The van der Waals surface area contributed by atoms with Crippen LogP contribution in [0, 0.1) is 0 Å². The summed E-state index contributed by atoms with van der Waals surface area (Å²) >= 11 is 7.57. The average molecular weight is 389 g/mol. The van der Waals surface area contributed by atoms with Crippen LogP contribution in [0.1, 0.15) is 16.2 Å². The van der Waals surface area contributed by atoms with E-state index in [-0.39, 0.29) is 12.5 Å². The van der Waals surface area contributed by atoms with Gasteiger partial charge in [-0.05, 0) is 42.7 Å². The molecule has 0 aliphatic carbocycles. The Kier molecular flexibility index (Phi) is 5.80. The van der Waals surface area contributed by atoms with Crippen molar-refractivity contribution < 1.29 is 9.53 Å². The lowest BCUT2D eigenvalue weighted by molar-refractivity contribution is 0.0949. The number of carbonyl (C=O) groups is 1. The predicted octanol–water partition coefficient (Wildman–Crippen LogP) is 3.58. The topological polar surface area (TPSA) is 69.0 Å². The number of amides is 1. The van der Waals surface area contributed by atoms with Crippen molar-refractivity contribution in [3.8, 4) is 11.4 Å². The third-order valence-corrected chi connectivity index (χ3v) is 4.55. The zero-order chi connectivity index (χ0) is 18.5. The maximum atomic E-state index is 12.4. The predicted molar refractivity (Wildman–Crippen MR) is 102 cm³/mol. The number of hydrogen-bond acceptors (Lipinski definition) is 5. The molecular formula is C18H17ClN4O2S. The highest BCUT2D eigenvalue weighted by Crippen LogP contribution is 2.22. The first kappa shape index (κ1) is 18.3. The van der Waals surface area contributed by atoms with Crippen LogP contribution < -0.4 is 10.1 Å². The van der Waals surface area contributed by atoms with Gasteiger partial charge in [0, 0.05) is 10.6 Å². The Labute approximate surface area is 160 Å². The lowest BCUT2D eigenvalue weighted by Crippen LogP contribution is -2.24. The highest BCUT2D eigenvalue weighted by Gasteiger charge is 2.15. The molecule has 2 aromatic carbocycles. The molecule has 0 radical (unpaired) electrons. The summed E-state index contributed by atoms with van der Waals surface area (Å²) in [6.45, 7) is 0.232. The number of ether oxygens (including phenoxy) is 1. The van der Waals surface area contributed by atoms with E-state index in [0.29, 0.717) is 22.2 Å². The first-order chi connectivity index (χ1) is 12.6. The molecule has 1 N–H and O–H groups in total. The fourth-order valence-electron chi connectivity index (χ4n) is 2.45. The van der Waals surface area contributed by atoms with Crippen molar-refractivity contribution in [3.63, 3.8) is 0 Å². The number of benzene rings is 2. The fourth-order valence-corrected chi connectivity index (χ4v) is 3.15. The molecule has 0 bridgehead atoms. The van der Waals surface area contributed by atoms with Gasteiger partial charge in [0.2, 0.25) is 0 Å². The Morgan fingerprint density at radius 1 is 1.23 bits per heavy atom. The van der Waals surface area contributed by atoms with Crippen LogP contribution in [0.4, 0.5) is 0 Å². The second-order valence-electron chi connectivity index (χ2n) is 5.33. The zero-order valence-electron chi connectivity index (χ0n) is 14.3. The van der Waals surface area contributed by atoms with Gasteiger partial charge in [0.1, 0.15) is 5.75 Å². The summed E-state index contributed by atoms with van der Waals surface area (Å²) in [6.07, 6.45) is 1.92. The molecule has 0 atom stereocenters. The Balaban J connectivity index is 1.82. The molecule has 0 aliphatic rings. The van der Waals surface area contributed by atoms with E-state index < -0.39 is 0 Å². The number of halogens is 1. The quantitative estimate of drug-likeness (QED) is 0.653. The minimum absolute atomic E-state index is 0.213. The molecule has 0 saturated heterocycles. The molecule has 0 unspecified atom stereocenters. The summed E-state index contributed by atoms with van der Waals surface area (Å²) in [5, 5.41) is 12.6. The van der Waals surface area contributed by atoms with Crippen LogP contribution in [-0.4, -0.2) is 34.0 Å². The van der Waals surface area contributed by atoms with E-state index in [0.717, 1.165) is 10.8 Å². The summed E-state index contributed by atoms with van der Waals surface area (Å²) < 4.78 is 7.03. The van der Waals surface area contributed by atoms with Gasteiger partial charge in [-0.25, -0.2) is 0 Å². The number of hydrogen-bond donors (Lipinski definition) is 1. The maximum Gasteiger partial charge on any atom is 0.251 e. The third kappa shape index (κ3) is 4.00. The Morgan fingerprint density at radius 3 is 2.77 bits per heavy atom. The highest BCUT2D eigenvalue weighted by atomic mass is 35.5. The molecule has 26 heavy (non-hydrogen) atoms. The molecule has 0 saturated carbocycles. The third-order valence-electron chi connectivity index (χ3n) is 3.69. The first-order valence-corrected chi connectivity index (χ1v) is 9.39. The molecule has 3 aromatic rings. The molecule has 134 valence electrons. The summed E-state index contributed by atoms with van der Waals surface area (Å²) in [4.78, 5) is 12.4. The monoisotopic (exact) mass is 388 g/mol. The number of carbonyl (C=O) groups excluding carboxylic acids is 1. The van der Waals surface area contributed by atoms with Crippen molar-refractivity contribution in [3.05, 3.63) is 64.9 Å². The van der Waals surface area contributed by atoms with E-state index in [4.69, 9.17) is 16.3 Å². The summed E-state index contributed by atoms with van der Waals surface area (Å²) in [7, 11) is 1.56. The summed E-state index contributed by atoms with van der Waals surface area (Å²) in [6, 6.07) is 14.4. The van der Waals surface area contributed by atoms with Crippen LogP contribution in [0.5, 0.6) is 5.75 Å². The smallest absolute Gasteiger partial charge is 0.251 e. The standard InChI is InChI=1S/C18H17ClN4O2S/c1-25-15-8-3-5-12(9-15)17(24)20-11-16-21-22-18(26-2)23(16)14-7-4-6-13(19)10-14/h3-10H,11H2,1-2H3,(H,20,24). The van der Waals surface area contributed by atoms with Gasteiger partial charge in [-0.1, -0.05) is 35.5 Å². The molecule has 0 spiro atoms. The molecule has 1 amide bonds. The van der Waals surface area contributed by atoms with Crippen LogP contribution in [0.2, 0.25) is 5.02 Å². The lowest BCUT2D eigenvalue weighted by Gasteiger charge is -2.11. The van der Waals surface area contributed by atoms with Crippen molar-refractivity contribution >= 4 is 29.3 Å². The minimum atomic E-state index is -0.213. The molecule has 1 aromatic heterocycles. The molecular weight excluding hydrogens is 372 g/mol. The Hall–Kier alpha value is -2.51. The van der Waals surface area contributed by atoms with Crippen LogP contribution in [0.25, 0.3) is 5.69 Å². The zero-order valence-corrected chi connectivity index (χ0v) is 15.8. The summed E-state index contributed by atoms with van der Waals surface area (Å²) in [5.41, 5.74) is 1.36. The highest BCUT2D eigenvalue weighted by molar-refractivity contribution is 7.98. The molecule has 0 aliphatic heterocycles. The van der Waals surface area contributed by atoms with E-state index in [1.165, 1.54) is 11.8 Å². The Bertz CT molecular complexity index is 929. The van der Waals surface area contributed by atoms with Gasteiger partial charge in [0.25, 0.3) is 5.91 Å². The second-order valence-corrected chi connectivity index (χ2v) is 6.54. The number of nitrogens with zero attached hydrogens (tertiary/aromatic N) is 3. The van der Waals surface area contributed by atoms with Gasteiger partial charge in [-0.3, -0.25) is 9.36 Å². The number of rotatable bonds is 6. The van der Waals surface area contributed by atoms with Gasteiger partial charge in [-0.2, -0.15) is 0 Å². The van der Waals surface area contributed by atoms with E-state index in [1.807, 2.05) is 29.0 Å². The van der Waals surface area contributed by atoms with Gasteiger partial charge in [0.05, 0.1) is 19.3 Å². The van der Waals surface area contributed by atoms with Gasteiger partial charge in [0.15, 0.2) is 11.0 Å². The van der Waals surface area contributed by atoms with Crippen molar-refractivity contribution in [2.75, 3.05) is 13.4 Å². The van der Waals surface area contributed by atoms with Crippen molar-refractivity contribution in [2.45, 2.75) is 11.7 Å². The second kappa shape index (κ2) is 8.25. The lowest BCUT2D eigenvalue weighted by atomic mass is 10.2. The minimum Gasteiger partial charge on any atom is -0.497 e. The largest absolute Gasteiger partial charge is 0.497 e. The maximum absolute atomic E-state index is 12.4. The molecule has 3 rings (SSSR count). The summed E-state index contributed by atoms with van der Waals surface area (Å²) in [5.74, 6) is 1.03. The molecule has 1 heterocycles. The van der Waals surface area contributed by atoms with Crippen molar-refractivity contribution in [2.24, 2.45) is 0 Å². The van der Waals surface area contributed by atoms with Gasteiger partial charge >= 0.3 is 0 Å². The first-order valence-electron chi connectivity index (χ1n) is 7.79. The number of methoxy groups -OCH3 is 1. The van der Waals surface area contributed by atoms with Gasteiger partial charge < -0.3 is 10.1 Å².